The maximum atomic E-state index is 11.9. The van der Waals surface area contributed by atoms with Crippen molar-refractivity contribution in [1.82, 2.24) is 10.6 Å². The molecule has 3 N–H and O–H groups in total. The van der Waals surface area contributed by atoms with E-state index in [9.17, 15) is 9.59 Å². The van der Waals surface area contributed by atoms with Gasteiger partial charge in [-0.1, -0.05) is 17.7 Å². The van der Waals surface area contributed by atoms with Crippen LogP contribution in [0.3, 0.4) is 0 Å². The van der Waals surface area contributed by atoms with Crippen molar-refractivity contribution in [3.05, 3.63) is 29.3 Å². The average Bonchev–Trinajstić information content (AvgIpc) is 2.31. The molecule has 0 heterocycles. The van der Waals surface area contributed by atoms with E-state index in [-0.39, 0.29) is 11.9 Å². The van der Waals surface area contributed by atoms with Gasteiger partial charge in [0.2, 0.25) is 5.91 Å². The topological polar surface area (TPSA) is 70.2 Å². The lowest BCUT2D eigenvalue weighted by molar-refractivity contribution is -0.120. The van der Waals surface area contributed by atoms with Crippen LogP contribution in [-0.4, -0.2) is 24.0 Å². The molecule has 0 aliphatic rings. The van der Waals surface area contributed by atoms with Crippen molar-refractivity contribution >= 4 is 17.6 Å². The van der Waals surface area contributed by atoms with Crippen LogP contribution < -0.4 is 16.0 Å². The van der Waals surface area contributed by atoms with Gasteiger partial charge in [0.1, 0.15) is 6.04 Å². The molecule has 0 aliphatic heterocycles. The Balaban J connectivity index is 2.59. The predicted molar refractivity (Wildman–Crippen MR) is 80.8 cm³/mol. The average molecular weight is 277 g/mol. The number of anilines is 1. The van der Waals surface area contributed by atoms with E-state index < -0.39 is 12.1 Å². The Bertz CT molecular complexity index is 498. The van der Waals surface area contributed by atoms with E-state index in [4.69, 9.17) is 0 Å². The first-order valence-electron chi connectivity index (χ1n) is 6.74. The summed E-state index contributed by atoms with van der Waals surface area (Å²) in [5.41, 5.74) is 3.13. The number of aryl methyl sites for hydroxylation is 2. The number of rotatable bonds is 4. The summed E-state index contributed by atoms with van der Waals surface area (Å²) in [5, 5.41) is 8.03. The quantitative estimate of drug-likeness (QED) is 0.791. The third kappa shape index (κ3) is 4.91. The van der Waals surface area contributed by atoms with Crippen LogP contribution in [0.4, 0.5) is 10.5 Å². The Morgan fingerprint density at radius 1 is 1.10 bits per heavy atom. The highest BCUT2D eigenvalue weighted by molar-refractivity contribution is 5.98. The van der Waals surface area contributed by atoms with Crippen LogP contribution in [0, 0.1) is 13.8 Å². The van der Waals surface area contributed by atoms with Gasteiger partial charge in [-0.05, 0) is 46.2 Å². The van der Waals surface area contributed by atoms with E-state index in [2.05, 4.69) is 16.0 Å². The molecule has 1 atom stereocenters. The minimum atomic E-state index is -0.491. The summed E-state index contributed by atoms with van der Waals surface area (Å²) in [6.07, 6.45) is 0. The van der Waals surface area contributed by atoms with Crippen LogP contribution in [0.15, 0.2) is 18.2 Å². The number of carbonyl (C=O) groups is 2. The van der Waals surface area contributed by atoms with Crippen molar-refractivity contribution < 1.29 is 9.59 Å². The summed E-state index contributed by atoms with van der Waals surface area (Å²) in [4.78, 5) is 23.3. The molecule has 0 saturated carbocycles. The number of amides is 3. The molecule has 1 rings (SSSR count). The van der Waals surface area contributed by atoms with Crippen LogP contribution in [-0.2, 0) is 4.79 Å². The largest absolute Gasteiger partial charge is 0.374 e. The van der Waals surface area contributed by atoms with Crippen molar-refractivity contribution in [1.29, 1.82) is 0 Å². The fourth-order valence-corrected chi connectivity index (χ4v) is 1.79. The summed E-state index contributed by atoms with van der Waals surface area (Å²) in [6, 6.07) is 4.98. The van der Waals surface area contributed by atoms with Gasteiger partial charge in [0.05, 0.1) is 0 Å². The number of hydrogen-bond acceptors (Lipinski definition) is 3. The smallest absolute Gasteiger partial charge is 0.321 e. The van der Waals surface area contributed by atoms with Gasteiger partial charge in [0.25, 0.3) is 0 Å². The lowest BCUT2D eigenvalue weighted by Crippen LogP contribution is -2.47. The van der Waals surface area contributed by atoms with Crippen molar-refractivity contribution in [2.75, 3.05) is 5.32 Å². The molecular weight excluding hydrogens is 254 g/mol. The van der Waals surface area contributed by atoms with E-state index in [0.717, 1.165) is 11.3 Å². The molecule has 0 unspecified atom stereocenters. The maximum Gasteiger partial charge on any atom is 0.321 e. The maximum absolute atomic E-state index is 11.9. The van der Waals surface area contributed by atoms with Crippen LogP contribution in [0.1, 0.15) is 31.9 Å². The van der Waals surface area contributed by atoms with Gasteiger partial charge in [-0.15, -0.1) is 0 Å². The third-order valence-corrected chi connectivity index (χ3v) is 2.80. The molecular formula is C15H23N3O2. The molecule has 1 aromatic rings. The summed E-state index contributed by atoms with van der Waals surface area (Å²) >= 11 is 0. The molecule has 0 bridgehead atoms. The van der Waals surface area contributed by atoms with Gasteiger partial charge in [0, 0.05) is 11.7 Å². The van der Waals surface area contributed by atoms with E-state index in [1.165, 1.54) is 5.56 Å². The summed E-state index contributed by atoms with van der Waals surface area (Å²) in [7, 11) is 0. The molecule has 0 fully saturated rings. The van der Waals surface area contributed by atoms with Crippen molar-refractivity contribution in [3.63, 3.8) is 0 Å². The van der Waals surface area contributed by atoms with Crippen molar-refractivity contribution in [2.45, 2.75) is 46.7 Å². The second-order valence-corrected chi connectivity index (χ2v) is 5.30. The molecule has 0 spiro atoms. The molecule has 5 heteroatoms. The molecule has 20 heavy (non-hydrogen) atoms. The number of benzene rings is 1. The minimum absolute atomic E-state index is 0.00888. The number of nitrogens with one attached hydrogen (secondary N) is 3. The van der Waals surface area contributed by atoms with Gasteiger partial charge >= 0.3 is 6.03 Å². The zero-order chi connectivity index (χ0) is 15.3. The number of imide groups is 1. The van der Waals surface area contributed by atoms with E-state index in [1.807, 2.05) is 45.9 Å². The first-order chi connectivity index (χ1) is 9.29. The zero-order valence-corrected chi connectivity index (χ0v) is 12.7. The predicted octanol–water partition coefficient (Wildman–Crippen LogP) is 2.34. The van der Waals surface area contributed by atoms with Gasteiger partial charge < -0.3 is 10.6 Å². The molecule has 1 aromatic carbocycles. The van der Waals surface area contributed by atoms with Crippen LogP contribution in [0.25, 0.3) is 0 Å². The van der Waals surface area contributed by atoms with Crippen molar-refractivity contribution in [3.8, 4) is 0 Å². The second-order valence-electron chi connectivity index (χ2n) is 5.30. The van der Waals surface area contributed by atoms with Gasteiger partial charge in [0.15, 0.2) is 0 Å². The lowest BCUT2D eigenvalue weighted by Gasteiger charge is -2.17. The van der Waals surface area contributed by atoms with Gasteiger partial charge in [-0.2, -0.15) is 0 Å². The van der Waals surface area contributed by atoms with Crippen LogP contribution >= 0.6 is 0 Å². The van der Waals surface area contributed by atoms with E-state index in [0.29, 0.717) is 0 Å². The lowest BCUT2D eigenvalue weighted by atomic mass is 10.1. The Morgan fingerprint density at radius 3 is 2.30 bits per heavy atom. The number of urea groups is 1. The molecule has 3 amide bonds. The first-order valence-corrected chi connectivity index (χ1v) is 6.74. The Labute approximate surface area is 120 Å². The molecule has 110 valence electrons. The third-order valence-electron chi connectivity index (χ3n) is 2.80. The first kappa shape index (κ1) is 16.0. The Kier molecular flexibility index (Phi) is 5.55. The normalized spacial score (nSPS) is 11.9. The number of carbonyl (C=O) groups excluding carboxylic acids is 2. The molecule has 0 saturated heterocycles. The summed E-state index contributed by atoms with van der Waals surface area (Å²) in [6.45, 7) is 9.38. The van der Waals surface area contributed by atoms with E-state index in [1.54, 1.807) is 6.92 Å². The molecule has 0 aromatic heterocycles. The minimum Gasteiger partial charge on any atom is -0.374 e. The zero-order valence-electron chi connectivity index (χ0n) is 12.7. The summed E-state index contributed by atoms with van der Waals surface area (Å²) in [5.74, 6) is -0.358. The number of hydrogen-bond donors (Lipinski definition) is 3. The van der Waals surface area contributed by atoms with E-state index >= 15 is 0 Å². The Hall–Kier alpha value is -2.04. The van der Waals surface area contributed by atoms with Gasteiger partial charge in [-0.3, -0.25) is 10.1 Å². The second kappa shape index (κ2) is 6.93. The highest BCUT2D eigenvalue weighted by Gasteiger charge is 2.16. The fraction of sp³-hybridized carbons (Fsp3) is 0.467. The van der Waals surface area contributed by atoms with Crippen LogP contribution in [0.5, 0.6) is 0 Å². The highest BCUT2D eigenvalue weighted by atomic mass is 16.2. The summed E-state index contributed by atoms with van der Waals surface area (Å²) < 4.78 is 0. The highest BCUT2D eigenvalue weighted by Crippen LogP contribution is 2.16. The standard InChI is InChI=1S/C15H23N3O2/c1-9(2)16-15(20)18-14(19)12(5)17-13-7-6-10(3)8-11(13)4/h6-9,12,17H,1-5H3,(H2,16,18,19,20)/t12-/m0/s1. The van der Waals surface area contributed by atoms with Crippen LogP contribution in [0.2, 0.25) is 0 Å². The monoisotopic (exact) mass is 277 g/mol. The SMILES string of the molecule is Cc1ccc(N[C@@H](C)C(=O)NC(=O)NC(C)C)c(C)c1. The molecule has 0 aliphatic carbocycles. The Morgan fingerprint density at radius 2 is 1.75 bits per heavy atom. The van der Waals surface area contributed by atoms with Crippen molar-refractivity contribution in [2.24, 2.45) is 0 Å². The molecule has 0 radical (unpaired) electrons. The molecule has 5 nitrogen and oxygen atoms in total. The van der Waals surface area contributed by atoms with Gasteiger partial charge in [-0.25, -0.2) is 4.79 Å². The fourth-order valence-electron chi connectivity index (χ4n) is 1.79.